The fourth-order valence-electron chi connectivity index (χ4n) is 3.70. The highest BCUT2D eigenvalue weighted by molar-refractivity contribution is 5.98. The number of nitrogens with one attached hydrogen (secondary N) is 3. The molecule has 1 aliphatic rings. The van der Waals surface area contributed by atoms with Crippen molar-refractivity contribution in [1.82, 2.24) is 10.6 Å². The summed E-state index contributed by atoms with van der Waals surface area (Å²) in [5.74, 6) is -3.31. The minimum absolute atomic E-state index is 0.0121. The number of rotatable bonds is 11. The second-order valence-corrected chi connectivity index (χ2v) is 9.19. The number of benzene rings is 1. The highest BCUT2D eigenvalue weighted by Crippen LogP contribution is 2.31. The van der Waals surface area contributed by atoms with E-state index in [2.05, 4.69) is 16.0 Å². The lowest BCUT2D eigenvalue weighted by Crippen LogP contribution is -2.61. The van der Waals surface area contributed by atoms with Gasteiger partial charge in [0.2, 0.25) is 18.1 Å². The molecule has 2 rings (SSSR count). The number of carboxylic acids is 1. The van der Waals surface area contributed by atoms with E-state index < -0.39 is 66.5 Å². The van der Waals surface area contributed by atoms with Crippen molar-refractivity contribution in [1.29, 1.82) is 0 Å². The summed E-state index contributed by atoms with van der Waals surface area (Å²) in [6.07, 6.45) is -9.27. The van der Waals surface area contributed by atoms with Gasteiger partial charge in [-0.2, -0.15) is 0 Å². The molecule has 0 saturated carbocycles. The van der Waals surface area contributed by atoms with E-state index in [9.17, 15) is 39.6 Å². The zero-order valence-electron chi connectivity index (χ0n) is 21.7. The van der Waals surface area contributed by atoms with Gasteiger partial charge in [-0.05, 0) is 37.6 Å². The standard InChI is InChI=1S/C24H35N3O11/c1-10(2)16(25-5)22(33)26-11(3)21(32)27-14-8-13(9-36-12(4)28)6-7-15(14)37-24-19(31)17(29)18(30)20(38-24)23(34)35/h6-8,10-11,16-20,24-25,29-31H,9H2,1-5H3,(H,26,33)(H,27,32)(H,34,35)/t11?,16?,17-,18-,19+,20-,24+/m0/s1. The fourth-order valence-corrected chi connectivity index (χ4v) is 3.70. The molecule has 38 heavy (non-hydrogen) atoms. The minimum Gasteiger partial charge on any atom is -0.479 e. The molecular formula is C24H35N3O11. The van der Waals surface area contributed by atoms with Crippen molar-refractivity contribution in [3.8, 4) is 5.75 Å². The summed E-state index contributed by atoms with van der Waals surface area (Å²) < 4.78 is 15.7. The van der Waals surface area contributed by atoms with Gasteiger partial charge in [-0.15, -0.1) is 0 Å². The molecule has 0 aromatic heterocycles. The quantitative estimate of drug-likeness (QED) is 0.163. The molecular weight excluding hydrogens is 506 g/mol. The smallest absolute Gasteiger partial charge is 0.335 e. The predicted molar refractivity (Wildman–Crippen MR) is 131 cm³/mol. The molecule has 2 unspecified atom stereocenters. The summed E-state index contributed by atoms with van der Waals surface area (Å²) in [5, 5.41) is 47.6. The number of ether oxygens (including phenoxy) is 3. The van der Waals surface area contributed by atoms with Crippen molar-refractivity contribution < 1.29 is 53.8 Å². The number of amides is 2. The largest absolute Gasteiger partial charge is 0.479 e. The van der Waals surface area contributed by atoms with Gasteiger partial charge in [-0.25, -0.2) is 4.79 Å². The molecule has 1 aromatic carbocycles. The normalized spacial score (nSPS) is 24.7. The van der Waals surface area contributed by atoms with Gasteiger partial charge in [0.15, 0.2) is 6.10 Å². The van der Waals surface area contributed by atoms with Crippen molar-refractivity contribution in [2.24, 2.45) is 5.92 Å². The van der Waals surface area contributed by atoms with Crippen molar-refractivity contribution >= 4 is 29.4 Å². The Hall–Kier alpha value is -3.30. The third-order valence-corrected chi connectivity index (χ3v) is 5.81. The lowest BCUT2D eigenvalue weighted by atomic mass is 9.99. The molecule has 0 aliphatic carbocycles. The number of carbonyl (C=O) groups is 4. The minimum atomic E-state index is -1.91. The molecule has 14 heteroatoms. The van der Waals surface area contributed by atoms with Crippen LogP contribution in [0.3, 0.4) is 0 Å². The van der Waals surface area contributed by atoms with Crippen LogP contribution in [0.15, 0.2) is 18.2 Å². The van der Waals surface area contributed by atoms with E-state index in [4.69, 9.17) is 14.2 Å². The van der Waals surface area contributed by atoms with Gasteiger partial charge in [0.05, 0.1) is 11.7 Å². The van der Waals surface area contributed by atoms with Gasteiger partial charge in [0.25, 0.3) is 0 Å². The first-order valence-electron chi connectivity index (χ1n) is 11.9. The molecule has 212 valence electrons. The zero-order chi connectivity index (χ0) is 28.7. The molecule has 7 atom stereocenters. The zero-order valence-corrected chi connectivity index (χ0v) is 21.7. The van der Waals surface area contributed by atoms with Crippen LogP contribution in [-0.2, 0) is 35.3 Å². The van der Waals surface area contributed by atoms with Crippen LogP contribution in [0.5, 0.6) is 5.75 Å². The van der Waals surface area contributed by atoms with Crippen LogP contribution < -0.4 is 20.7 Å². The van der Waals surface area contributed by atoms with E-state index in [1.54, 1.807) is 7.05 Å². The third kappa shape index (κ3) is 7.85. The van der Waals surface area contributed by atoms with Crippen molar-refractivity contribution in [2.45, 2.75) is 77.1 Å². The number of hydrogen-bond acceptors (Lipinski definition) is 11. The molecule has 2 amide bonds. The summed E-state index contributed by atoms with van der Waals surface area (Å²) in [5.41, 5.74) is 0.455. The van der Waals surface area contributed by atoms with Crippen molar-refractivity contribution in [2.75, 3.05) is 12.4 Å². The molecule has 0 bridgehead atoms. The highest BCUT2D eigenvalue weighted by atomic mass is 16.7. The number of carbonyl (C=O) groups excluding carboxylic acids is 3. The summed E-state index contributed by atoms with van der Waals surface area (Å²) in [6.45, 7) is 6.23. The lowest BCUT2D eigenvalue weighted by Gasteiger charge is -2.38. The number of likely N-dealkylation sites (N-methyl/N-ethyl adjacent to an activating group) is 1. The van der Waals surface area contributed by atoms with E-state index in [1.165, 1.54) is 32.0 Å². The Balaban J connectivity index is 2.29. The number of aliphatic hydroxyl groups excluding tert-OH is 3. The van der Waals surface area contributed by atoms with Gasteiger partial charge in [-0.1, -0.05) is 19.9 Å². The molecule has 0 spiro atoms. The van der Waals surface area contributed by atoms with E-state index in [0.717, 1.165) is 0 Å². The number of aliphatic hydroxyl groups is 3. The van der Waals surface area contributed by atoms with Crippen LogP contribution in [0.25, 0.3) is 0 Å². The molecule has 1 fully saturated rings. The van der Waals surface area contributed by atoms with Crippen LogP contribution in [0.1, 0.15) is 33.3 Å². The second kappa shape index (κ2) is 13.5. The Bertz CT molecular complexity index is 1020. The van der Waals surface area contributed by atoms with E-state index in [-0.39, 0.29) is 24.0 Å². The highest BCUT2D eigenvalue weighted by Gasteiger charge is 2.48. The maximum Gasteiger partial charge on any atom is 0.335 e. The SMILES string of the molecule is CNC(C(=O)NC(C)C(=O)Nc1cc(COC(C)=O)ccc1O[C@@H]1O[C@H](C(=O)O)[C@@H](O)[C@H](O)[C@H]1O)C(C)C. The van der Waals surface area contributed by atoms with Crippen molar-refractivity contribution in [3.05, 3.63) is 23.8 Å². The van der Waals surface area contributed by atoms with E-state index in [0.29, 0.717) is 5.56 Å². The third-order valence-electron chi connectivity index (χ3n) is 5.81. The summed E-state index contributed by atoms with van der Waals surface area (Å²) >= 11 is 0. The summed E-state index contributed by atoms with van der Waals surface area (Å²) in [4.78, 5) is 48.1. The van der Waals surface area contributed by atoms with Gasteiger partial charge >= 0.3 is 11.9 Å². The van der Waals surface area contributed by atoms with Crippen LogP contribution >= 0.6 is 0 Å². The lowest BCUT2D eigenvalue weighted by molar-refractivity contribution is -0.271. The van der Waals surface area contributed by atoms with Crippen molar-refractivity contribution in [3.63, 3.8) is 0 Å². The van der Waals surface area contributed by atoms with Crippen LogP contribution in [0.4, 0.5) is 5.69 Å². The van der Waals surface area contributed by atoms with Gasteiger partial charge in [-0.3, -0.25) is 14.4 Å². The Labute approximate surface area is 219 Å². The molecule has 14 nitrogen and oxygen atoms in total. The second-order valence-electron chi connectivity index (χ2n) is 9.19. The fraction of sp³-hybridized carbons (Fsp3) is 0.583. The molecule has 1 saturated heterocycles. The van der Waals surface area contributed by atoms with E-state index in [1.807, 2.05) is 13.8 Å². The Morgan fingerprint density at radius 1 is 1.03 bits per heavy atom. The topological polar surface area (TPSA) is 213 Å². The summed E-state index contributed by atoms with van der Waals surface area (Å²) in [7, 11) is 1.62. The molecule has 0 radical (unpaired) electrons. The summed E-state index contributed by atoms with van der Waals surface area (Å²) in [6, 6.07) is 2.70. The van der Waals surface area contributed by atoms with Gasteiger partial charge < -0.3 is 50.6 Å². The monoisotopic (exact) mass is 541 g/mol. The average Bonchev–Trinajstić information content (AvgIpc) is 2.83. The maximum atomic E-state index is 12.9. The maximum absolute atomic E-state index is 12.9. The first-order chi connectivity index (χ1) is 17.8. The molecule has 1 aromatic rings. The van der Waals surface area contributed by atoms with E-state index >= 15 is 0 Å². The van der Waals surface area contributed by atoms with Gasteiger partial charge in [0.1, 0.15) is 36.7 Å². The Morgan fingerprint density at radius 2 is 1.68 bits per heavy atom. The van der Waals surface area contributed by atoms with Crippen LogP contribution in [0.2, 0.25) is 0 Å². The first-order valence-corrected chi connectivity index (χ1v) is 11.9. The Morgan fingerprint density at radius 3 is 2.24 bits per heavy atom. The number of anilines is 1. The number of carboxylic acid groups (broad SMARTS) is 1. The average molecular weight is 542 g/mol. The Kier molecular flexibility index (Phi) is 11.0. The number of esters is 1. The predicted octanol–water partition coefficient (Wildman–Crippen LogP) is -1.29. The number of hydrogen-bond donors (Lipinski definition) is 7. The van der Waals surface area contributed by atoms with Crippen LogP contribution in [0, 0.1) is 5.92 Å². The molecule has 1 aliphatic heterocycles. The molecule has 1 heterocycles. The molecule has 7 N–H and O–H groups in total. The first kappa shape index (κ1) is 30.9. The number of aliphatic carboxylic acids is 1. The van der Waals surface area contributed by atoms with Gasteiger partial charge in [0, 0.05) is 6.92 Å². The van der Waals surface area contributed by atoms with Crippen LogP contribution in [-0.4, -0.2) is 94.0 Å².